The number of carbonyl (C=O) groups excluding carboxylic acids is 1. The van der Waals surface area contributed by atoms with Crippen LogP contribution in [0.15, 0.2) is 66.7 Å². The predicted octanol–water partition coefficient (Wildman–Crippen LogP) is 3.78. The molecular weight excluding hydrogens is 288 g/mol. The van der Waals surface area contributed by atoms with Gasteiger partial charge < -0.3 is 4.74 Å². The molecule has 0 fully saturated rings. The molecule has 1 aromatic heterocycles. The lowest BCUT2D eigenvalue weighted by molar-refractivity contribution is 0.0518. The van der Waals surface area contributed by atoms with Gasteiger partial charge in [0.2, 0.25) is 0 Å². The molecule has 0 saturated heterocycles. The second kappa shape index (κ2) is 6.92. The number of benzene rings is 2. The Bertz CT molecular complexity index is 780. The van der Waals surface area contributed by atoms with Gasteiger partial charge in [-0.05, 0) is 24.1 Å². The topological polar surface area (TPSA) is 44.1 Å². The zero-order valence-electron chi connectivity index (χ0n) is 13.0. The van der Waals surface area contributed by atoms with Gasteiger partial charge in [0.25, 0.3) is 0 Å². The van der Waals surface area contributed by atoms with Crippen LogP contribution in [0.25, 0.3) is 11.3 Å². The fourth-order valence-electron chi connectivity index (χ4n) is 2.44. The second-order valence-electron chi connectivity index (χ2n) is 5.14. The molecule has 1 heterocycles. The molecule has 0 aliphatic carbocycles. The summed E-state index contributed by atoms with van der Waals surface area (Å²) in [5.74, 6) is -0.392. The van der Waals surface area contributed by atoms with Crippen LogP contribution >= 0.6 is 0 Å². The molecule has 0 bridgehead atoms. The van der Waals surface area contributed by atoms with E-state index >= 15 is 0 Å². The Labute approximate surface area is 135 Å². The minimum absolute atomic E-state index is 0.335. The zero-order valence-corrected chi connectivity index (χ0v) is 13.0. The van der Waals surface area contributed by atoms with Crippen molar-refractivity contribution in [2.45, 2.75) is 13.5 Å². The van der Waals surface area contributed by atoms with E-state index in [-0.39, 0.29) is 0 Å². The average molecular weight is 306 g/mol. The van der Waals surface area contributed by atoms with Crippen LogP contribution in [0.4, 0.5) is 0 Å². The first-order chi connectivity index (χ1) is 11.3. The van der Waals surface area contributed by atoms with E-state index in [0.717, 1.165) is 16.8 Å². The molecule has 0 spiro atoms. The maximum absolute atomic E-state index is 12.0. The van der Waals surface area contributed by atoms with E-state index in [1.165, 1.54) is 0 Å². The Balaban J connectivity index is 2.00. The number of esters is 1. The highest BCUT2D eigenvalue weighted by Gasteiger charge is 2.16. The summed E-state index contributed by atoms with van der Waals surface area (Å²) in [7, 11) is 0. The summed E-state index contributed by atoms with van der Waals surface area (Å²) in [6, 6.07) is 21.8. The molecule has 0 saturated carbocycles. The summed E-state index contributed by atoms with van der Waals surface area (Å²) in [5.41, 5.74) is 3.38. The van der Waals surface area contributed by atoms with Crippen LogP contribution in [-0.4, -0.2) is 22.4 Å². The molecule has 2 aromatic carbocycles. The molecule has 4 heteroatoms. The van der Waals surface area contributed by atoms with Gasteiger partial charge in [-0.15, -0.1) is 0 Å². The van der Waals surface area contributed by atoms with Gasteiger partial charge in [-0.3, -0.25) is 4.68 Å². The number of nitrogens with zero attached hydrogens (tertiary/aromatic N) is 2. The summed E-state index contributed by atoms with van der Waals surface area (Å²) in [6.07, 6.45) is 0. The van der Waals surface area contributed by atoms with Gasteiger partial charge in [-0.2, -0.15) is 5.10 Å². The van der Waals surface area contributed by atoms with Crippen LogP contribution in [0.2, 0.25) is 0 Å². The molecule has 0 radical (unpaired) electrons. The van der Waals surface area contributed by atoms with Crippen molar-refractivity contribution in [3.05, 3.63) is 78.0 Å². The third-order valence-electron chi connectivity index (χ3n) is 3.51. The van der Waals surface area contributed by atoms with Crippen LogP contribution in [-0.2, 0) is 11.3 Å². The Morgan fingerprint density at radius 1 is 1.04 bits per heavy atom. The third-order valence-corrected chi connectivity index (χ3v) is 3.51. The molecule has 0 N–H and O–H groups in total. The Kier molecular flexibility index (Phi) is 4.52. The predicted molar refractivity (Wildman–Crippen MR) is 89.2 cm³/mol. The van der Waals surface area contributed by atoms with Gasteiger partial charge >= 0.3 is 5.97 Å². The average Bonchev–Trinajstić information content (AvgIpc) is 3.01. The first-order valence-electron chi connectivity index (χ1n) is 7.62. The second-order valence-corrected chi connectivity index (χ2v) is 5.14. The monoisotopic (exact) mass is 306 g/mol. The van der Waals surface area contributed by atoms with Crippen molar-refractivity contribution >= 4 is 5.97 Å². The molecule has 0 aliphatic heterocycles. The molecule has 0 aliphatic rings. The van der Waals surface area contributed by atoms with Gasteiger partial charge in [0.05, 0.1) is 18.8 Å². The van der Waals surface area contributed by atoms with Crippen molar-refractivity contribution in [1.82, 2.24) is 9.78 Å². The quantitative estimate of drug-likeness (QED) is 0.674. The number of hydrogen-bond acceptors (Lipinski definition) is 3. The van der Waals surface area contributed by atoms with Crippen molar-refractivity contribution in [3.8, 4) is 11.3 Å². The third kappa shape index (κ3) is 3.48. The van der Waals surface area contributed by atoms with Crippen LogP contribution in [0.3, 0.4) is 0 Å². The largest absolute Gasteiger partial charge is 0.461 e. The highest BCUT2D eigenvalue weighted by atomic mass is 16.5. The van der Waals surface area contributed by atoms with E-state index in [1.807, 2.05) is 65.3 Å². The van der Waals surface area contributed by atoms with Crippen molar-refractivity contribution in [1.29, 1.82) is 0 Å². The molecule has 23 heavy (non-hydrogen) atoms. The van der Waals surface area contributed by atoms with Gasteiger partial charge in [-0.25, -0.2) is 4.79 Å². The van der Waals surface area contributed by atoms with Crippen LogP contribution in [0, 0.1) is 0 Å². The minimum Gasteiger partial charge on any atom is -0.461 e. The van der Waals surface area contributed by atoms with Gasteiger partial charge in [0.1, 0.15) is 0 Å². The maximum Gasteiger partial charge on any atom is 0.358 e. The fraction of sp³-hybridized carbons (Fsp3) is 0.158. The molecule has 116 valence electrons. The standard InChI is InChI=1S/C19H18N2O2/c1-2-23-19(22)17-13-18(16-11-7-4-8-12-16)21(20-17)14-15-9-5-3-6-10-15/h3-13H,2,14H2,1H3. The lowest BCUT2D eigenvalue weighted by Crippen LogP contribution is -2.08. The van der Waals surface area contributed by atoms with E-state index in [9.17, 15) is 4.79 Å². The van der Waals surface area contributed by atoms with Crippen molar-refractivity contribution in [3.63, 3.8) is 0 Å². The number of aromatic nitrogens is 2. The zero-order chi connectivity index (χ0) is 16.1. The van der Waals surface area contributed by atoms with E-state index in [4.69, 9.17) is 4.74 Å². The first kappa shape index (κ1) is 15.0. The highest BCUT2D eigenvalue weighted by Crippen LogP contribution is 2.22. The molecule has 3 aromatic rings. The number of hydrogen-bond donors (Lipinski definition) is 0. The summed E-state index contributed by atoms with van der Waals surface area (Å²) in [6.45, 7) is 2.73. The lowest BCUT2D eigenvalue weighted by Gasteiger charge is -2.07. The van der Waals surface area contributed by atoms with Crippen LogP contribution < -0.4 is 0 Å². The molecule has 0 atom stereocenters. The highest BCUT2D eigenvalue weighted by molar-refractivity contribution is 5.88. The normalized spacial score (nSPS) is 10.5. The smallest absolute Gasteiger partial charge is 0.358 e. The molecule has 3 rings (SSSR count). The Morgan fingerprint density at radius 3 is 2.35 bits per heavy atom. The van der Waals surface area contributed by atoms with Crippen molar-refractivity contribution in [2.75, 3.05) is 6.61 Å². The SMILES string of the molecule is CCOC(=O)c1cc(-c2ccccc2)n(Cc2ccccc2)n1. The van der Waals surface area contributed by atoms with E-state index in [2.05, 4.69) is 5.10 Å². The minimum atomic E-state index is -0.392. The summed E-state index contributed by atoms with van der Waals surface area (Å²) in [5, 5.41) is 4.44. The van der Waals surface area contributed by atoms with E-state index < -0.39 is 5.97 Å². The lowest BCUT2D eigenvalue weighted by atomic mass is 10.1. The summed E-state index contributed by atoms with van der Waals surface area (Å²) >= 11 is 0. The van der Waals surface area contributed by atoms with Gasteiger partial charge in [0.15, 0.2) is 5.69 Å². The number of rotatable bonds is 5. The Morgan fingerprint density at radius 2 is 1.70 bits per heavy atom. The van der Waals surface area contributed by atoms with Crippen molar-refractivity contribution in [2.24, 2.45) is 0 Å². The summed E-state index contributed by atoms with van der Waals surface area (Å²) in [4.78, 5) is 12.0. The van der Waals surface area contributed by atoms with Crippen molar-refractivity contribution < 1.29 is 9.53 Å². The number of carbonyl (C=O) groups is 1. The van der Waals surface area contributed by atoms with Crippen LogP contribution in [0.5, 0.6) is 0 Å². The van der Waals surface area contributed by atoms with Gasteiger partial charge in [0, 0.05) is 0 Å². The summed E-state index contributed by atoms with van der Waals surface area (Å²) < 4.78 is 6.91. The van der Waals surface area contributed by atoms with Gasteiger partial charge in [-0.1, -0.05) is 60.7 Å². The first-order valence-corrected chi connectivity index (χ1v) is 7.62. The Hall–Kier alpha value is -2.88. The van der Waals surface area contributed by atoms with E-state index in [0.29, 0.717) is 18.8 Å². The molecule has 4 nitrogen and oxygen atoms in total. The number of ether oxygens (including phenoxy) is 1. The van der Waals surface area contributed by atoms with Crippen LogP contribution in [0.1, 0.15) is 23.0 Å². The molecular formula is C19H18N2O2. The molecule has 0 amide bonds. The maximum atomic E-state index is 12.0. The van der Waals surface area contributed by atoms with E-state index in [1.54, 1.807) is 13.0 Å². The fourth-order valence-corrected chi connectivity index (χ4v) is 2.44. The molecule has 0 unspecified atom stereocenters.